The number of benzene rings is 4. The largest absolute Gasteiger partial charge is 0.461 e. The summed E-state index contributed by atoms with van der Waals surface area (Å²) in [5.74, 6) is -2.61. The first kappa shape index (κ1) is 89.2. The molecule has 108 heavy (non-hydrogen) atoms. The first-order chi connectivity index (χ1) is 53.0. The van der Waals surface area contributed by atoms with Crippen LogP contribution in [0.3, 0.4) is 0 Å². The fraction of sp³-hybridized carbons (Fsp3) is 0.723. The Morgan fingerprint density at radius 3 is 1.01 bits per heavy atom. The molecule has 14 heteroatoms. The van der Waals surface area contributed by atoms with Crippen LogP contribution in [0.5, 0.6) is 0 Å². The molecule has 2 heterocycles. The number of carbonyl (C=O) groups is 5. The Morgan fingerprint density at radius 2 is 0.667 bits per heavy atom. The molecule has 0 bridgehead atoms. The molecule has 0 spiro atoms. The number of anilines is 3. The Bertz CT molecular complexity index is 3270. The van der Waals surface area contributed by atoms with E-state index >= 15 is 4.79 Å². The molecule has 2 aliphatic heterocycles. The molecule has 2 unspecified atom stereocenters. The number of rotatable bonds is 65. The summed E-state index contributed by atoms with van der Waals surface area (Å²) in [7, 11) is 0. The van der Waals surface area contributed by atoms with Crippen LogP contribution < -0.4 is 31.5 Å². The number of carbonyl (C=O) groups excluding carboxylic acids is 5. The van der Waals surface area contributed by atoms with Gasteiger partial charge in [0.25, 0.3) is 0 Å². The Balaban J connectivity index is 1.06. The minimum absolute atomic E-state index is 0.174. The van der Waals surface area contributed by atoms with Crippen molar-refractivity contribution >= 4 is 73.8 Å². The maximum Gasteiger partial charge on any atom is 0.306 e. The monoisotopic (exact) mass is 1490 g/mol. The number of esters is 4. The molecule has 5 N–H and O–H groups in total. The van der Waals surface area contributed by atoms with Crippen molar-refractivity contribution in [3.8, 4) is 0 Å². The van der Waals surface area contributed by atoms with Gasteiger partial charge in [-0.05, 0) is 60.2 Å². The number of nitrogens with one attached hydrogen (secondary N) is 4. The molecule has 1 saturated carbocycles. The van der Waals surface area contributed by atoms with Crippen LogP contribution in [0.1, 0.15) is 399 Å². The minimum Gasteiger partial charge on any atom is -0.461 e. The first-order valence-corrected chi connectivity index (χ1v) is 44.9. The average Bonchev–Trinajstić information content (AvgIpc) is 0.711. The Labute approximate surface area is 653 Å². The second-order valence-corrected chi connectivity index (χ2v) is 32.8. The second kappa shape index (κ2) is 53.0. The average molecular weight is 1500 g/mol. The smallest absolute Gasteiger partial charge is 0.306 e. The summed E-state index contributed by atoms with van der Waals surface area (Å²) in [6, 6.07) is 19.5. The molecule has 0 radical (unpaired) electrons. The van der Waals surface area contributed by atoms with Gasteiger partial charge in [-0.2, -0.15) is 0 Å². The Morgan fingerprint density at radius 1 is 0.361 bits per heavy atom. The van der Waals surface area contributed by atoms with E-state index in [9.17, 15) is 24.3 Å². The zero-order valence-electron chi connectivity index (χ0n) is 68.5. The van der Waals surface area contributed by atoms with Crippen LogP contribution in [0.2, 0.25) is 0 Å². The highest BCUT2D eigenvalue weighted by atomic mass is 16.6. The molecule has 604 valence electrons. The first-order valence-electron chi connectivity index (χ1n) is 44.9. The van der Waals surface area contributed by atoms with E-state index < -0.39 is 23.3 Å². The maximum atomic E-state index is 15.5. The van der Waals surface area contributed by atoms with Crippen molar-refractivity contribution in [3.63, 3.8) is 0 Å². The zero-order valence-corrected chi connectivity index (χ0v) is 68.5. The number of ether oxygens (including phenoxy) is 4. The van der Waals surface area contributed by atoms with Gasteiger partial charge in [0.05, 0.1) is 34.0 Å². The van der Waals surface area contributed by atoms with E-state index in [1.54, 1.807) is 0 Å². The van der Waals surface area contributed by atoms with Crippen molar-refractivity contribution in [1.29, 1.82) is 0 Å². The van der Waals surface area contributed by atoms with Crippen LogP contribution in [0.15, 0.2) is 60.7 Å². The molecule has 2 atom stereocenters. The van der Waals surface area contributed by atoms with Crippen LogP contribution in [-0.4, -0.2) is 78.6 Å². The highest BCUT2D eigenvalue weighted by Gasteiger charge is 2.50. The van der Waals surface area contributed by atoms with Crippen molar-refractivity contribution < 1.29 is 53.0 Å². The van der Waals surface area contributed by atoms with Crippen LogP contribution in [-0.2, 0) is 42.9 Å². The van der Waals surface area contributed by atoms with Gasteiger partial charge in [0.15, 0.2) is 24.7 Å². The molecule has 1 fully saturated rings. The van der Waals surface area contributed by atoms with Gasteiger partial charge in [-0.15, -0.1) is 0 Å². The van der Waals surface area contributed by atoms with Crippen molar-refractivity contribution in [3.05, 3.63) is 76.8 Å². The summed E-state index contributed by atoms with van der Waals surface area (Å²) >= 11 is 0. The number of ketones is 1. The summed E-state index contributed by atoms with van der Waals surface area (Å²) in [5.41, 5.74) is 0.117. The number of aliphatic hydroxyl groups is 1. The Hall–Kier alpha value is -6.02. The third kappa shape index (κ3) is 31.6. The summed E-state index contributed by atoms with van der Waals surface area (Å²) < 4.78 is 24.8. The maximum absolute atomic E-state index is 15.5. The number of Topliss-reactive ketones (excluding diaryl/α,β-unsaturated/α-hetero) is 1. The van der Waals surface area contributed by atoms with E-state index in [1.165, 1.54) is 231 Å². The predicted molar refractivity (Wildman–Crippen MR) is 446 cm³/mol. The summed E-state index contributed by atoms with van der Waals surface area (Å²) in [5, 5.41) is 28.2. The third-order valence-corrected chi connectivity index (χ3v) is 23.2. The van der Waals surface area contributed by atoms with E-state index in [1.807, 2.05) is 60.7 Å². The van der Waals surface area contributed by atoms with Crippen LogP contribution in [0, 0.1) is 0 Å². The SMILES string of the molecule is CCCCCCCCCCCCCCCC(=O)OCC1(COC(=O)CCCCCCCCCCCCCCC)Nc2cccc3ccc(C4C(=O)C(=c5ccc6cccc7c6c5=[NH+]C(COC(=O)CCCCCCCCCCCCCCC)(COC(=O)CCCCCCCCCCCCCCC)N7)C4O)c(c23)N1. The summed E-state index contributed by atoms with van der Waals surface area (Å²) in [4.78, 5) is 74.3. The van der Waals surface area contributed by atoms with Crippen LogP contribution in [0.25, 0.3) is 27.1 Å². The normalized spacial score (nSPS) is 15.8. The van der Waals surface area contributed by atoms with Gasteiger partial charge in [0.1, 0.15) is 13.2 Å². The lowest BCUT2D eigenvalue weighted by Gasteiger charge is -2.43. The predicted octanol–water partition coefficient (Wildman–Crippen LogP) is 22.3. The van der Waals surface area contributed by atoms with Gasteiger partial charge in [-0.1, -0.05) is 378 Å². The van der Waals surface area contributed by atoms with E-state index in [-0.39, 0.29) is 87.3 Å². The van der Waals surface area contributed by atoms with Crippen molar-refractivity contribution in [1.82, 2.24) is 0 Å². The molecule has 1 aliphatic carbocycles. The lowest BCUT2D eigenvalue weighted by atomic mass is 9.69. The molecule has 14 nitrogen and oxygen atoms in total. The van der Waals surface area contributed by atoms with E-state index in [0.717, 1.165) is 124 Å². The number of hydrogen-bond acceptors (Lipinski definition) is 13. The quantitative estimate of drug-likeness (QED) is 0.0159. The van der Waals surface area contributed by atoms with Crippen molar-refractivity contribution in [2.45, 2.75) is 411 Å². The van der Waals surface area contributed by atoms with Gasteiger partial charge in [0, 0.05) is 42.3 Å². The highest BCUT2D eigenvalue weighted by Crippen LogP contribution is 2.48. The molecular weight excluding hydrogens is 1350 g/mol. The van der Waals surface area contributed by atoms with Gasteiger partial charge in [-0.3, -0.25) is 24.0 Å². The van der Waals surface area contributed by atoms with Gasteiger partial charge >= 0.3 is 29.5 Å². The fourth-order valence-electron chi connectivity index (χ4n) is 16.5. The van der Waals surface area contributed by atoms with Gasteiger partial charge < -0.3 is 40.0 Å². The molecule has 4 aromatic carbocycles. The van der Waals surface area contributed by atoms with E-state index in [2.05, 4.69) is 48.6 Å². The molecule has 7 rings (SSSR count). The third-order valence-electron chi connectivity index (χ3n) is 23.2. The molecule has 0 amide bonds. The van der Waals surface area contributed by atoms with Crippen LogP contribution in [0.4, 0.5) is 17.1 Å². The fourth-order valence-corrected chi connectivity index (χ4v) is 16.5. The Kier molecular flexibility index (Phi) is 43.8. The van der Waals surface area contributed by atoms with Crippen LogP contribution >= 0.6 is 0 Å². The zero-order chi connectivity index (χ0) is 76.5. The lowest BCUT2D eigenvalue weighted by Crippen LogP contribution is -2.98. The van der Waals surface area contributed by atoms with E-state index in [4.69, 9.17) is 18.9 Å². The molecule has 3 aliphatic rings. The van der Waals surface area contributed by atoms with Gasteiger partial charge in [-0.25, -0.2) is 4.99 Å². The second-order valence-electron chi connectivity index (χ2n) is 32.8. The minimum atomic E-state index is -1.34. The van der Waals surface area contributed by atoms with E-state index in [0.29, 0.717) is 33.2 Å². The highest BCUT2D eigenvalue weighted by molar-refractivity contribution is 6.28. The van der Waals surface area contributed by atoms with Crippen molar-refractivity contribution in [2.75, 3.05) is 42.4 Å². The summed E-state index contributed by atoms with van der Waals surface area (Å²) in [6.45, 7) is 8.34. The van der Waals surface area contributed by atoms with Gasteiger partial charge in [0.2, 0.25) is 5.36 Å². The topological polar surface area (TPSA) is 193 Å². The molecule has 0 saturated heterocycles. The molecule has 4 aromatic rings. The number of aliphatic hydroxyl groups excluding tert-OH is 1. The number of hydrogen-bond donors (Lipinski definition) is 5. The molecular formula is C94H149N4O10+. The molecule has 0 aromatic heterocycles. The summed E-state index contributed by atoms with van der Waals surface area (Å²) in [6.07, 6.45) is 62.3. The van der Waals surface area contributed by atoms with Crippen molar-refractivity contribution in [2.24, 2.45) is 0 Å². The number of unbranched alkanes of at least 4 members (excludes halogenated alkanes) is 48. The lowest BCUT2D eigenvalue weighted by molar-refractivity contribution is -0.589. The standard InChI is InChI=1S/C94H148N4O10/c1-5-9-13-17-21-25-29-33-37-41-45-49-53-63-81(99)105-71-93(72-106-82(100)64-54-50-46-42-38-34-30-26-22-18-14-10-6-2)95-79-61-57-59-75-67-69-77(89(97-93)85(75)79)87-91(103)88(92(87)104)78-70-68-76-60-58-62-80-86(76)90(78)98-94(96-80,73-107-83(101)65-55-51-47-43-39-35-31-27-23-19-15-11-7-3)74-108-84(102)66-56-52-48-44-40-36-32-28-24-20-16-12-8-4/h57-62,67-70,87,91,95-97,103H,5-56,63-66,71-74H2,1-4H3/p+1.